The first-order valence-corrected chi connectivity index (χ1v) is 9.60. The number of anilines is 1. The molecule has 0 fully saturated rings. The minimum Gasteiger partial charge on any atom is -0.378 e. The molecule has 0 saturated carbocycles. The van der Waals surface area contributed by atoms with Gasteiger partial charge < -0.3 is 9.80 Å². The molecule has 2 aromatic carbocycles. The Kier molecular flexibility index (Phi) is 6.13. The number of nitrogens with one attached hydrogen (secondary N) is 1. The monoisotopic (exact) mass is 381 g/mol. The summed E-state index contributed by atoms with van der Waals surface area (Å²) < 4.78 is 0. The van der Waals surface area contributed by atoms with Crippen LogP contribution in [0, 0.1) is 0 Å². The van der Waals surface area contributed by atoms with Gasteiger partial charge in [0.25, 0.3) is 5.91 Å². The molecular weight excluding hydrogens is 358 g/mol. The first-order valence-electron chi connectivity index (χ1n) is 8.62. The third-order valence-electron chi connectivity index (χ3n) is 4.19. The zero-order valence-electron chi connectivity index (χ0n) is 15.7. The van der Waals surface area contributed by atoms with Crippen LogP contribution in [-0.4, -0.2) is 47.1 Å². The van der Waals surface area contributed by atoms with E-state index in [1.54, 1.807) is 16.7 Å². The number of hydrogen-bond acceptors (Lipinski definition) is 5. The molecule has 1 amide bonds. The van der Waals surface area contributed by atoms with Gasteiger partial charge in [-0.25, -0.2) is 4.98 Å². The maximum Gasteiger partial charge on any atom is 0.253 e. The molecule has 140 valence electrons. The van der Waals surface area contributed by atoms with E-state index >= 15 is 0 Å². The van der Waals surface area contributed by atoms with Crippen LogP contribution in [0.3, 0.4) is 0 Å². The van der Waals surface area contributed by atoms with E-state index in [0.717, 1.165) is 27.7 Å². The summed E-state index contributed by atoms with van der Waals surface area (Å²) in [6.45, 7) is 0.579. The Balaban J connectivity index is 1.57. The Bertz CT molecular complexity index is 860. The fraction of sp³-hybridized carbons (Fsp3) is 0.250. The molecule has 0 saturated heterocycles. The Morgan fingerprint density at radius 1 is 1.00 bits per heavy atom. The lowest BCUT2D eigenvalue weighted by atomic mass is 10.1. The lowest BCUT2D eigenvalue weighted by Crippen LogP contribution is -2.26. The zero-order valence-corrected chi connectivity index (χ0v) is 16.5. The Morgan fingerprint density at radius 3 is 2.26 bits per heavy atom. The third kappa shape index (κ3) is 5.10. The number of aromatic nitrogens is 3. The van der Waals surface area contributed by atoms with Gasteiger partial charge in [0.1, 0.15) is 6.33 Å². The highest BCUT2D eigenvalue weighted by atomic mass is 32.2. The smallest absolute Gasteiger partial charge is 0.253 e. The highest BCUT2D eigenvalue weighted by molar-refractivity contribution is 7.98. The van der Waals surface area contributed by atoms with Crippen molar-refractivity contribution in [2.75, 3.05) is 26.0 Å². The summed E-state index contributed by atoms with van der Waals surface area (Å²) in [6, 6.07) is 16.0. The molecule has 3 aromatic rings. The quantitative estimate of drug-likeness (QED) is 0.635. The zero-order chi connectivity index (χ0) is 19.2. The van der Waals surface area contributed by atoms with Crippen molar-refractivity contribution in [2.24, 2.45) is 0 Å². The van der Waals surface area contributed by atoms with E-state index in [2.05, 4.69) is 44.3 Å². The number of aromatic amines is 1. The molecule has 27 heavy (non-hydrogen) atoms. The highest BCUT2D eigenvalue weighted by Gasteiger charge is 2.12. The molecule has 1 heterocycles. The summed E-state index contributed by atoms with van der Waals surface area (Å²) in [6.07, 6.45) is 1.49. The van der Waals surface area contributed by atoms with Gasteiger partial charge in [-0.1, -0.05) is 36.0 Å². The fourth-order valence-corrected chi connectivity index (χ4v) is 3.36. The number of nitrogens with zero attached hydrogens (tertiary/aromatic N) is 4. The summed E-state index contributed by atoms with van der Waals surface area (Å²) in [5.41, 5.74) is 4.08. The normalized spacial score (nSPS) is 10.6. The Morgan fingerprint density at radius 2 is 1.67 bits per heavy atom. The maximum absolute atomic E-state index is 12.7. The van der Waals surface area contributed by atoms with Crippen LogP contribution in [0.25, 0.3) is 0 Å². The molecule has 0 bridgehead atoms. The molecule has 3 rings (SSSR count). The van der Waals surface area contributed by atoms with Gasteiger partial charge in [0, 0.05) is 44.7 Å². The lowest BCUT2D eigenvalue weighted by molar-refractivity contribution is 0.0785. The molecule has 0 atom stereocenters. The van der Waals surface area contributed by atoms with Gasteiger partial charge in [0.05, 0.1) is 0 Å². The molecule has 0 spiro atoms. The second-order valence-electron chi connectivity index (χ2n) is 6.50. The Hall–Kier alpha value is -2.80. The number of carbonyl (C=O) groups excluding carboxylic acids is 1. The van der Waals surface area contributed by atoms with Gasteiger partial charge in [-0.15, -0.1) is 0 Å². The fourth-order valence-electron chi connectivity index (χ4n) is 2.62. The molecule has 1 aromatic heterocycles. The van der Waals surface area contributed by atoms with Crippen molar-refractivity contribution in [3.05, 3.63) is 71.5 Å². The van der Waals surface area contributed by atoms with E-state index in [9.17, 15) is 4.79 Å². The predicted octanol–water partition coefficient (Wildman–Crippen LogP) is 3.44. The van der Waals surface area contributed by atoms with Gasteiger partial charge in [-0.3, -0.25) is 9.89 Å². The van der Waals surface area contributed by atoms with Crippen LogP contribution in [0.15, 0.2) is 60.0 Å². The van der Waals surface area contributed by atoms with Gasteiger partial charge in [0.15, 0.2) is 5.16 Å². The lowest BCUT2D eigenvalue weighted by Gasteiger charge is -2.18. The second kappa shape index (κ2) is 8.73. The number of benzene rings is 2. The van der Waals surface area contributed by atoms with Gasteiger partial charge in [-0.2, -0.15) is 5.10 Å². The van der Waals surface area contributed by atoms with Crippen LogP contribution in [0.1, 0.15) is 21.5 Å². The number of hydrogen-bond donors (Lipinski definition) is 1. The van der Waals surface area contributed by atoms with Crippen molar-refractivity contribution in [3.8, 4) is 0 Å². The van der Waals surface area contributed by atoms with Crippen molar-refractivity contribution < 1.29 is 4.79 Å². The van der Waals surface area contributed by atoms with Crippen LogP contribution < -0.4 is 4.90 Å². The number of rotatable bonds is 7. The second-order valence-corrected chi connectivity index (χ2v) is 7.46. The van der Waals surface area contributed by atoms with Gasteiger partial charge in [-0.05, 0) is 35.4 Å². The summed E-state index contributed by atoms with van der Waals surface area (Å²) >= 11 is 1.58. The van der Waals surface area contributed by atoms with Crippen molar-refractivity contribution in [2.45, 2.75) is 17.5 Å². The van der Waals surface area contributed by atoms with Crippen molar-refractivity contribution in [1.29, 1.82) is 0 Å². The maximum atomic E-state index is 12.7. The number of amides is 1. The third-order valence-corrected chi connectivity index (χ3v) is 5.14. The van der Waals surface area contributed by atoms with Gasteiger partial charge >= 0.3 is 0 Å². The molecule has 0 unspecified atom stereocenters. The van der Waals surface area contributed by atoms with E-state index in [0.29, 0.717) is 12.1 Å². The molecular formula is C20H23N5OS. The standard InChI is InChI=1S/C20H23N5OS/c1-24(2)18-10-6-15(7-11-18)12-25(3)19(26)17-8-4-16(5-9-17)13-27-20-21-14-22-23-20/h4-11,14H,12-13H2,1-3H3,(H,21,22,23). The molecule has 0 aliphatic rings. The number of thioether (sulfide) groups is 1. The van der Waals surface area contributed by atoms with Crippen LogP contribution in [-0.2, 0) is 12.3 Å². The molecule has 7 heteroatoms. The largest absolute Gasteiger partial charge is 0.378 e. The van der Waals surface area contributed by atoms with Crippen molar-refractivity contribution in [1.82, 2.24) is 20.1 Å². The average molecular weight is 382 g/mol. The minimum absolute atomic E-state index is 0.0149. The van der Waals surface area contributed by atoms with E-state index in [4.69, 9.17) is 0 Å². The summed E-state index contributed by atoms with van der Waals surface area (Å²) in [5.74, 6) is 0.790. The SMILES string of the molecule is CN(Cc1ccc(N(C)C)cc1)C(=O)c1ccc(CSc2ncn[nH]2)cc1. The summed E-state index contributed by atoms with van der Waals surface area (Å²) in [7, 11) is 5.85. The number of H-pyrrole nitrogens is 1. The first kappa shape index (κ1) is 19.0. The molecule has 6 nitrogen and oxygen atoms in total. The van der Waals surface area contributed by atoms with Crippen LogP contribution in [0.4, 0.5) is 5.69 Å². The van der Waals surface area contributed by atoms with E-state index < -0.39 is 0 Å². The molecule has 1 N–H and O–H groups in total. The van der Waals surface area contributed by atoms with Gasteiger partial charge in [0.2, 0.25) is 0 Å². The molecule has 0 radical (unpaired) electrons. The highest BCUT2D eigenvalue weighted by Crippen LogP contribution is 2.19. The molecule has 0 aliphatic carbocycles. The minimum atomic E-state index is 0.0149. The van der Waals surface area contributed by atoms with Crippen LogP contribution in [0.2, 0.25) is 0 Å². The van der Waals surface area contributed by atoms with Crippen molar-refractivity contribution >= 4 is 23.4 Å². The van der Waals surface area contributed by atoms with E-state index in [-0.39, 0.29) is 5.91 Å². The first-order chi connectivity index (χ1) is 13.0. The average Bonchev–Trinajstić information content (AvgIpc) is 3.20. The Labute approximate surface area is 163 Å². The summed E-state index contributed by atoms with van der Waals surface area (Å²) in [4.78, 5) is 20.6. The van der Waals surface area contributed by atoms with Crippen molar-refractivity contribution in [3.63, 3.8) is 0 Å². The van der Waals surface area contributed by atoms with Crippen LogP contribution in [0.5, 0.6) is 0 Å². The number of carbonyl (C=O) groups is 1. The molecule has 0 aliphatic heterocycles. The summed E-state index contributed by atoms with van der Waals surface area (Å²) in [5, 5.41) is 7.44. The predicted molar refractivity (Wildman–Crippen MR) is 109 cm³/mol. The van der Waals surface area contributed by atoms with E-state index in [1.165, 1.54) is 6.33 Å². The van der Waals surface area contributed by atoms with Crippen LogP contribution >= 0.6 is 11.8 Å². The van der Waals surface area contributed by atoms with E-state index in [1.807, 2.05) is 45.4 Å². The topological polar surface area (TPSA) is 65.1 Å².